The number of hydrogen-bond acceptors (Lipinski definition) is 13. The first-order valence-electron chi connectivity index (χ1n) is 28.4. The number of rotatable bonds is 22. The summed E-state index contributed by atoms with van der Waals surface area (Å²) in [6.07, 6.45) is 8.72. The SMILES string of the molecule is CC1=C(C)C(=O)C(C(C)(C)CC(=O)N(C)CCN(CCCC(=O)NCCCCC(NC(=O)CC[C@@H](C)[C@H]2CC[C@H]3C4CCC5C[C@H](O)CC[C@]5(C)[C@H]4C[C@H](O)[C@]23C)C(=O)O)C(=O)Oc2ccc3nc(C#N)sc3c2)=C(C)C1=O. The number of benzene rings is 1. The van der Waals surface area contributed by atoms with Gasteiger partial charge in [0.05, 0.1) is 22.4 Å². The number of thiazole rings is 1. The zero-order valence-electron chi connectivity index (χ0n) is 47.4. The Morgan fingerprint density at radius 1 is 0.897 bits per heavy atom. The van der Waals surface area contributed by atoms with Crippen LogP contribution in [-0.2, 0) is 28.8 Å². The van der Waals surface area contributed by atoms with Crippen LogP contribution in [0.25, 0.3) is 10.2 Å². The lowest BCUT2D eigenvalue weighted by Gasteiger charge is -2.62. The second-order valence-corrected chi connectivity index (χ2v) is 25.7. The molecule has 5 N–H and O–H groups in total. The summed E-state index contributed by atoms with van der Waals surface area (Å²) < 4.78 is 6.42. The lowest BCUT2D eigenvalue weighted by Crippen LogP contribution is -2.58. The Hall–Kier alpha value is -5.51. The quantitative estimate of drug-likeness (QED) is 0.0547. The Morgan fingerprint density at radius 2 is 1.63 bits per heavy atom. The van der Waals surface area contributed by atoms with Crippen molar-refractivity contribution in [3.63, 3.8) is 0 Å². The van der Waals surface area contributed by atoms with E-state index in [1.807, 2.05) is 6.07 Å². The van der Waals surface area contributed by atoms with Gasteiger partial charge in [-0.15, -0.1) is 11.3 Å². The number of hydrogen-bond donors (Lipinski definition) is 5. The summed E-state index contributed by atoms with van der Waals surface area (Å²) in [5.41, 5.74) is 0.944. The van der Waals surface area contributed by atoms with Crippen LogP contribution in [0.2, 0.25) is 0 Å². The number of fused-ring (bicyclic) bond motifs is 6. The number of carboxylic acids is 1. The number of carboxylic acid groups (broad SMARTS) is 1. The molecule has 2 aromatic rings. The van der Waals surface area contributed by atoms with Crippen molar-refractivity contribution in [2.75, 3.05) is 33.2 Å². The number of nitriles is 1. The zero-order chi connectivity index (χ0) is 57.0. The average Bonchev–Trinajstić information content (AvgIpc) is 3.99. The summed E-state index contributed by atoms with van der Waals surface area (Å²) >= 11 is 1.16. The van der Waals surface area contributed by atoms with Crippen molar-refractivity contribution in [1.29, 1.82) is 5.26 Å². The van der Waals surface area contributed by atoms with Crippen LogP contribution >= 0.6 is 11.3 Å². The molecule has 18 heteroatoms. The average molecular weight is 1100 g/mol. The van der Waals surface area contributed by atoms with Crippen molar-refractivity contribution in [2.45, 2.75) is 176 Å². The molecule has 1 heterocycles. The number of likely N-dealkylation sites (N-methyl/N-ethyl adjacent to an activating group) is 1. The maximum atomic E-state index is 13.7. The number of amides is 4. The van der Waals surface area contributed by atoms with Crippen molar-refractivity contribution in [3.05, 3.63) is 45.5 Å². The number of unbranched alkanes of at least 4 members (excludes halogenated alkanes) is 1. The first-order chi connectivity index (χ1) is 36.8. The molecule has 1 aromatic heterocycles. The normalized spacial score (nSPS) is 27.7. The lowest BCUT2D eigenvalue weighted by molar-refractivity contribution is -0.175. The van der Waals surface area contributed by atoms with Gasteiger partial charge in [0, 0.05) is 86.3 Å². The van der Waals surface area contributed by atoms with Gasteiger partial charge in [-0.1, -0.05) is 34.6 Å². The molecular weight excluding hydrogens is 1010 g/mol. The lowest BCUT2D eigenvalue weighted by atomic mass is 9.43. The van der Waals surface area contributed by atoms with Crippen LogP contribution in [0.15, 0.2) is 40.5 Å². The van der Waals surface area contributed by atoms with Crippen LogP contribution in [0, 0.1) is 63.1 Å². The van der Waals surface area contributed by atoms with Crippen LogP contribution in [0.5, 0.6) is 5.75 Å². The molecule has 7 rings (SSSR count). The Balaban J connectivity index is 0.851. The summed E-state index contributed by atoms with van der Waals surface area (Å²) in [6.45, 7) is 15.8. The molecule has 4 fully saturated rings. The highest BCUT2D eigenvalue weighted by Gasteiger charge is 2.63. The van der Waals surface area contributed by atoms with Gasteiger partial charge in [-0.2, -0.15) is 5.26 Å². The van der Waals surface area contributed by atoms with E-state index in [0.717, 1.165) is 62.7 Å². The molecule has 0 radical (unpaired) electrons. The number of nitrogens with one attached hydrogen (secondary N) is 2. The van der Waals surface area contributed by atoms with E-state index in [2.05, 4.69) is 36.4 Å². The molecular formula is C60H84N6O11S. The third kappa shape index (κ3) is 12.9. The summed E-state index contributed by atoms with van der Waals surface area (Å²) in [5.74, 6) is 0.164. The Labute approximate surface area is 464 Å². The van der Waals surface area contributed by atoms with Crippen LogP contribution in [0.3, 0.4) is 0 Å². The highest BCUT2D eigenvalue weighted by Crippen LogP contribution is 2.68. The number of aliphatic carboxylic acids is 1. The van der Waals surface area contributed by atoms with Gasteiger partial charge >= 0.3 is 12.1 Å². The standard InChI is InChI=1S/C60H84N6O11S/c1-34(42-19-20-43-41-18-16-38-29-39(67)23-24-59(38,7)44(41)31-48(68)60(42,43)8)15-22-50(70)63-46(56(74)75)13-10-11-25-62-49(69)14-12-26-66(57(76)77-40-17-21-45-47(30-40)78-51(33-61)64-45)28-27-65(9)52(71)32-58(5,6)53-37(4)54(72)35(2)36(3)55(53)73/h17,21,30,34,38-39,41-44,46,48,67-68H,10-16,18-20,22-29,31-32H2,1-9H3,(H,62,69)(H,63,70)(H,74,75)/t34-,38?,39-,41?,42-,43+,44+,46?,48+,59+,60-/m1/s1. The number of ketones is 2. The fourth-order valence-corrected chi connectivity index (χ4v) is 15.6. The maximum Gasteiger partial charge on any atom is 0.415 e. The van der Waals surface area contributed by atoms with E-state index in [0.29, 0.717) is 75.4 Å². The predicted molar refractivity (Wildman–Crippen MR) is 296 cm³/mol. The Kier molecular flexibility index (Phi) is 19.2. The predicted octanol–water partition coefficient (Wildman–Crippen LogP) is 8.69. The van der Waals surface area contributed by atoms with Crippen molar-refractivity contribution in [2.24, 2.45) is 51.8 Å². The summed E-state index contributed by atoms with van der Waals surface area (Å²) in [7, 11) is 1.59. The molecule has 4 saturated carbocycles. The van der Waals surface area contributed by atoms with Crippen LogP contribution in [-0.4, -0.2) is 123 Å². The van der Waals surface area contributed by atoms with Crippen LogP contribution in [0.4, 0.5) is 4.79 Å². The van der Waals surface area contributed by atoms with Gasteiger partial charge in [0.2, 0.25) is 17.7 Å². The van der Waals surface area contributed by atoms with E-state index in [1.54, 1.807) is 59.9 Å². The van der Waals surface area contributed by atoms with Crippen molar-refractivity contribution >= 4 is 62.9 Å². The van der Waals surface area contributed by atoms with E-state index >= 15 is 0 Å². The minimum absolute atomic E-state index is 0.0458. The number of aliphatic hydroxyl groups is 2. The molecule has 0 aliphatic heterocycles. The van der Waals surface area contributed by atoms with Gasteiger partial charge in [0.25, 0.3) is 0 Å². The van der Waals surface area contributed by atoms with Crippen molar-refractivity contribution in [3.8, 4) is 11.8 Å². The molecule has 3 unspecified atom stereocenters. The molecule has 5 aliphatic carbocycles. The van der Waals surface area contributed by atoms with Gasteiger partial charge < -0.3 is 40.5 Å². The summed E-state index contributed by atoms with van der Waals surface area (Å²) in [4.78, 5) is 99.4. The number of allylic oxidation sites excluding steroid dienone is 4. The fourth-order valence-electron chi connectivity index (χ4n) is 14.8. The molecule has 11 atom stereocenters. The molecule has 0 saturated heterocycles. The number of nitrogens with zero attached hydrogens (tertiary/aromatic N) is 4. The third-order valence-corrected chi connectivity index (χ3v) is 20.5. The largest absolute Gasteiger partial charge is 0.480 e. The number of carbonyl (C=O) groups excluding carboxylic acids is 6. The van der Waals surface area contributed by atoms with Gasteiger partial charge in [-0.25, -0.2) is 14.6 Å². The molecule has 0 spiro atoms. The van der Waals surface area contributed by atoms with Gasteiger partial charge in [-0.05, 0) is 163 Å². The molecule has 5 aliphatic rings. The highest BCUT2D eigenvalue weighted by molar-refractivity contribution is 7.19. The Bertz CT molecular complexity index is 2740. The van der Waals surface area contributed by atoms with Gasteiger partial charge in [0.15, 0.2) is 16.6 Å². The van der Waals surface area contributed by atoms with Crippen molar-refractivity contribution in [1.82, 2.24) is 25.4 Å². The van der Waals surface area contributed by atoms with E-state index in [1.165, 1.54) is 9.80 Å². The van der Waals surface area contributed by atoms with E-state index in [9.17, 15) is 54.1 Å². The number of ether oxygens (including phenoxy) is 1. The molecule has 0 bridgehead atoms. The van der Waals surface area contributed by atoms with Crippen LogP contribution < -0.4 is 15.4 Å². The van der Waals surface area contributed by atoms with Gasteiger partial charge in [0.1, 0.15) is 17.9 Å². The molecule has 426 valence electrons. The second kappa shape index (κ2) is 24.9. The monoisotopic (exact) mass is 1100 g/mol. The zero-order valence-corrected chi connectivity index (χ0v) is 48.2. The van der Waals surface area contributed by atoms with Gasteiger partial charge in [-0.3, -0.25) is 24.0 Å². The third-order valence-electron chi connectivity index (χ3n) is 19.5. The highest BCUT2D eigenvalue weighted by atomic mass is 32.1. The molecule has 78 heavy (non-hydrogen) atoms. The van der Waals surface area contributed by atoms with E-state index in [4.69, 9.17) is 4.74 Å². The maximum absolute atomic E-state index is 13.7. The van der Waals surface area contributed by atoms with Crippen molar-refractivity contribution < 1.29 is 53.6 Å². The van der Waals surface area contributed by atoms with E-state index in [-0.39, 0.29) is 127 Å². The van der Waals surface area contributed by atoms with E-state index < -0.39 is 29.6 Å². The molecule has 4 amide bonds. The smallest absolute Gasteiger partial charge is 0.415 e. The molecule has 1 aromatic carbocycles. The first-order valence-corrected chi connectivity index (χ1v) is 29.3. The van der Waals surface area contributed by atoms with Crippen LogP contribution in [0.1, 0.15) is 163 Å². The Morgan fingerprint density at radius 3 is 2.35 bits per heavy atom. The molecule has 17 nitrogen and oxygen atoms in total. The minimum Gasteiger partial charge on any atom is -0.480 e. The number of aliphatic hydroxyl groups excluding tert-OH is 2. The summed E-state index contributed by atoms with van der Waals surface area (Å²) in [5, 5.41) is 47.6. The fraction of sp³-hybridized carbons (Fsp3) is 0.683. The summed E-state index contributed by atoms with van der Waals surface area (Å²) in [6, 6.07) is 5.78. The number of Topliss-reactive ketones (excluding diaryl/α,β-unsaturated/α-hetero) is 2. The second-order valence-electron chi connectivity index (χ2n) is 24.7. The minimum atomic E-state index is -1.12. The first kappa shape index (κ1) is 60.1. The number of aromatic nitrogens is 1. The topological polar surface area (TPSA) is 257 Å². The number of carbonyl (C=O) groups is 7.